The third-order valence-corrected chi connectivity index (χ3v) is 5.48. The van der Waals surface area contributed by atoms with Gasteiger partial charge in [0, 0.05) is 18.1 Å². The van der Waals surface area contributed by atoms with Gasteiger partial charge < -0.3 is 5.11 Å². The van der Waals surface area contributed by atoms with Crippen LogP contribution in [0, 0.1) is 12.8 Å². The molecule has 0 saturated heterocycles. The number of hydrogen-bond donors (Lipinski definition) is 2. The Balaban J connectivity index is 1.90. The van der Waals surface area contributed by atoms with Crippen LogP contribution in [0.15, 0.2) is 35.4 Å². The second-order valence-corrected chi connectivity index (χ2v) is 7.36. The number of fused-ring (bicyclic) bond motifs is 1. The van der Waals surface area contributed by atoms with Crippen molar-refractivity contribution < 1.29 is 13.5 Å². The highest BCUT2D eigenvalue weighted by molar-refractivity contribution is 7.89. The molecule has 0 aliphatic heterocycles. The molecular weight excluding hydrogens is 288 g/mol. The summed E-state index contributed by atoms with van der Waals surface area (Å²) in [6.07, 6.45) is 2.72. The molecular formula is C15H18N2O3S. The van der Waals surface area contributed by atoms with Crippen LogP contribution in [0.3, 0.4) is 0 Å². The van der Waals surface area contributed by atoms with E-state index in [-0.39, 0.29) is 16.9 Å². The fraction of sp³-hybridized carbons (Fsp3) is 0.400. The number of aryl methyl sites for hydroxylation is 1. The molecule has 112 valence electrons. The van der Waals surface area contributed by atoms with Gasteiger partial charge in [-0.1, -0.05) is 6.07 Å². The fourth-order valence-corrected chi connectivity index (χ4v) is 4.01. The molecule has 1 aromatic heterocycles. The van der Waals surface area contributed by atoms with Crippen LogP contribution in [-0.2, 0) is 10.0 Å². The maximum atomic E-state index is 12.5. The Morgan fingerprint density at radius 1 is 1.33 bits per heavy atom. The van der Waals surface area contributed by atoms with Crippen molar-refractivity contribution in [3.63, 3.8) is 0 Å². The third kappa shape index (κ3) is 2.79. The fourth-order valence-electron chi connectivity index (χ4n) is 2.69. The van der Waals surface area contributed by atoms with Gasteiger partial charge in [-0.25, -0.2) is 13.1 Å². The minimum absolute atomic E-state index is 0.226. The molecule has 3 rings (SSSR count). The molecule has 1 saturated carbocycles. The van der Waals surface area contributed by atoms with E-state index < -0.39 is 10.0 Å². The molecule has 0 bridgehead atoms. The molecule has 0 spiro atoms. The summed E-state index contributed by atoms with van der Waals surface area (Å²) in [5, 5.41) is 9.89. The molecule has 1 aromatic carbocycles. The molecule has 0 unspecified atom stereocenters. The Kier molecular flexibility index (Phi) is 3.69. The van der Waals surface area contributed by atoms with Crippen molar-refractivity contribution in [2.24, 2.45) is 5.92 Å². The van der Waals surface area contributed by atoms with E-state index in [9.17, 15) is 13.5 Å². The van der Waals surface area contributed by atoms with Crippen LogP contribution in [0.4, 0.5) is 0 Å². The highest BCUT2D eigenvalue weighted by atomic mass is 32.2. The molecule has 6 heteroatoms. The molecule has 5 nitrogen and oxygen atoms in total. The number of aliphatic hydroxyl groups excluding tert-OH is 1. The molecule has 0 radical (unpaired) electrons. The van der Waals surface area contributed by atoms with E-state index in [1.807, 2.05) is 6.92 Å². The zero-order valence-electron chi connectivity index (χ0n) is 11.8. The van der Waals surface area contributed by atoms with Crippen LogP contribution in [0.25, 0.3) is 10.9 Å². The van der Waals surface area contributed by atoms with Gasteiger partial charge in [0.1, 0.15) is 0 Å². The predicted octanol–water partition coefficient (Wildman–Crippen LogP) is 1.59. The van der Waals surface area contributed by atoms with Gasteiger partial charge in [-0.2, -0.15) is 0 Å². The number of nitrogens with zero attached hydrogens (tertiary/aromatic N) is 1. The van der Waals surface area contributed by atoms with E-state index >= 15 is 0 Å². The summed E-state index contributed by atoms with van der Waals surface area (Å²) >= 11 is 0. The van der Waals surface area contributed by atoms with E-state index in [4.69, 9.17) is 0 Å². The molecule has 1 aliphatic carbocycles. The molecule has 0 atom stereocenters. The SMILES string of the molecule is Cc1ccc(S(=O)(=O)NCC2CC(O)C2)c2cccnc12. The first-order chi connectivity index (χ1) is 9.97. The van der Waals surface area contributed by atoms with E-state index in [0.717, 1.165) is 5.56 Å². The second-order valence-electron chi connectivity index (χ2n) is 5.62. The second kappa shape index (κ2) is 5.36. The minimum Gasteiger partial charge on any atom is -0.393 e. The molecule has 21 heavy (non-hydrogen) atoms. The van der Waals surface area contributed by atoms with Gasteiger partial charge in [-0.05, 0) is 49.4 Å². The van der Waals surface area contributed by atoms with Crippen molar-refractivity contribution >= 4 is 20.9 Å². The Morgan fingerprint density at radius 2 is 2.10 bits per heavy atom. The lowest BCUT2D eigenvalue weighted by Gasteiger charge is -2.31. The average molecular weight is 306 g/mol. The lowest BCUT2D eigenvalue weighted by atomic mass is 9.83. The van der Waals surface area contributed by atoms with Gasteiger partial charge in [0.2, 0.25) is 10.0 Å². The number of aliphatic hydroxyl groups is 1. The largest absolute Gasteiger partial charge is 0.393 e. The smallest absolute Gasteiger partial charge is 0.241 e. The van der Waals surface area contributed by atoms with E-state index in [0.29, 0.717) is 30.3 Å². The van der Waals surface area contributed by atoms with Crippen molar-refractivity contribution in [2.75, 3.05) is 6.54 Å². The van der Waals surface area contributed by atoms with Crippen LogP contribution in [0.2, 0.25) is 0 Å². The Bertz CT molecular complexity index is 768. The molecule has 1 fully saturated rings. The number of benzene rings is 1. The van der Waals surface area contributed by atoms with Crippen LogP contribution in [-0.4, -0.2) is 31.2 Å². The lowest BCUT2D eigenvalue weighted by Crippen LogP contribution is -2.38. The Labute approximate surface area is 124 Å². The van der Waals surface area contributed by atoms with Crippen molar-refractivity contribution in [1.29, 1.82) is 0 Å². The number of sulfonamides is 1. The zero-order chi connectivity index (χ0) is 15.0. The predicted molar refractivity (Wildman–Crippen MR) is 80.4 cm³/mol. The number of aromatic nitrogens is 1. The van der Waals surface area contributed by atoms with Gasteiger partial charge in [0.25, 0.3) is 0 Å². The van der Waals surface area contributed by atoms with Gasteiger partial charge in [0.05, 0.1) is 16.5 Å². The monoisotopic (exact) mass is 306 g/mol. The minimum atomic E-state index is -3.56. The summed E-state index contributed by atoms with van der Waals surface area (Å²) in [5.74, 6) is 0.226. The summed E-state index contributed by atoms with van der Waals surface area (Å²) in [6.45, 7) is 2.28. The first-order valence-electron chi connectivity index (χ1n) is 6.99. The van der Waals surface area contributed by atoms with Gasteiger partial charge >= 0.3 is 0 Å². The number of nitrogens with one attached hydrogen (secondary N) is 1. The molecule has 1 heterocycles. The average Bonchev–Trinajstić information content (AvgIpc) is 2.43. The van der Waals surface area contributed by atoms with Gasteiger partial charge in [0.15, 0.2) is 0 Å². The summed E-state index contributed by atoms with van der Waals surface area (Å²) in [6, 6.07) is 6.91. The number of hydrogen-bond acceptors (Lipinski definition) is 4. The standard InChI is InChI=1S/C15H18N2O3S/c1-10-4-5-14(13-3-2-6-16-15(10)13)21(19,20)17-9-11-7-12(18)8-11/h2-6,11-12,17-18H,7-9H2,1H3. The summed E-state index contributed by atoms with van der Waals surface area (Å²) < 4.78 is 27.6. The highest BCUT2D eigenvalue weighted by Gasteiger charge is 2.28. The number of rotatable bonds is 4. The van der Waals surface area contributed by atoms with Crippen molar-refractivity contribution in [1.82, 2.24) is 9.71 Å². The van der Waals surface area contributed by atoms with Gasteiger partial charge in [-0.15, -0.1) is 0 Å². The van der Waals surface area contributed by atoms with E-state index in [2.05, 4.69) is 9.71 Å². The highest BCUT2D eigenvalue weighted by Crippen LogP contribution is 2.28. The summed E-state index contributed by atoms with van der Waals surface area (Å²) in [5.41, 5.74) is 1.66. The van der Waals surface area contributed by atoms with Crippen LogP contribution < -0.4 is 4.72 Å². The van der Waals surface area contributed by atoms with E-state index in [1.54, 1.807) is 30.5 Å². The maximum absolute atomic E-state index is 12.5. The molecule has 1 aliphatic rings. The summed E-state index contributed by atoms with van der Waals surface area (Å²) in [7, 11) is -3.56. The number of pyridine rings is 1. The van der Waals surface area contributed by atoms with Crippen molar-refractivity contribution in [3.05, 3.63) is 36.0 Å². The first-order valence-corrected chi connectivity index (χ1v) is 8.48. The molecule has 2 N–H and O–H groups in total. The van der Waals surface area contributed by atoms with Gasteiger partial charge in [-0.3, -0.25) is 4.98 Å². The van der Waals surface area contributed by atoms with Crippen LogP contribution in [0.5, 0.6) is 0 Å². The first kappa shape index (κ1) is 14.4. The van der Waals surface area contributed by atoms with Crippen LogP contribution >= 0.6 is 0 Å². The lowest BCUT2D eigenvalue weighted by molar-refractivity contribution is 0.0453. The van der Waals surface area contributed by atoms with Crippen LogP contribution in [0.1, 0.15) is 18.4 Å². The van der Waals surface area contributed by atoms with E-state index in [1.165, 1.54) is 0 Å². The summed E-state index contributed by atoms with van der Waals surface area (Å²) in [4.78, 5) is 4.52. The quantitative estimate of drug-likeness (QED) is 0.899. The maximum Gasteiger partial charge on any atom is 0.241 e. The third-order valence-electron chi connectivity index (χ3n) is 3.99. The molecule has 0 amide bonds. The molecule has 2 aromatic rings. The topological polar surface area (TPSA) is 79.3 Å². The Hall–Kier alpha value is -1.50. The Morgan fingerprint density at radius 3 is 2.81 bits per heavy atom. The zero-order valence-corrected chi connectivity index (χ0v) is 12.6. The van der Waals surface area contributed by atoms with Crippen molar-refractivity contribution in [3.8, 4) is 0 Å². The van der Waals surface area contributed by atoms with Crippen molar-refractivity contribution in [2.45, 2.75) is 30.8 Å². The normalized spacial score (nSPS) is 22.2.